The first-order chi connectivity index (χ1) is 9.99. The molecule has 112 valence electrons. The standard InChI is InChI=1S/C15H19ClN4S/c1-7(2)5-6-17-14-13-12(19-20-14)10-8(3)11(16)9(4)18-15(10)21-13/h7H,5-6H2,1-4H3,(H2,17,19,20). The highest BCUT2D eigenvalue weighted by atomic mass is 35.5. The van der Waals surface area contributed by atoms with Gasteiger partial charge in [-0.3, -0.25) is 5.10 Å². The van der Waals surface area contributed by atoms with Crippen LogP contribution in [0.15, 0.2) is 0 Å². The van der Waals surface area contributed by atoms with Crippen molar-refractivity contribution in [3.05, 3.63) is 16.3 Å². The highest BCUT2D eigenvalue weighted by molar-refractivity contribution is 7.26. The number of pyridine rings is 1. The smallest absolute Gasteiger partial charge is 0.165 e. The predicted octanol–water partition coefficient (Wildman–Crippen LogP) is 4.90. The van der Waals surface area contributed by atoms with Crippen LogP contribution in [0.2, 0.25) is 5.02 Å². The number of H-pyrrole nitrogens is 1. The molecule has 0 unspecified atom stereocenters. The maximum absolute atomic E-state index is 6.33. The first-order valence-corrected chi connectivity index (χ1v) is 8.35. The summed E-state index contributed by atoms with van der Waals surface area (Å²) >= 11 is 8.00. The van der Waals surface area contributed by atoms with Crippen molar-refractivity contribution in [1.29, 1.82) is 0 Å². The number of aromatic nitrogens is 3. The zero-order valence-electron chi connectivity index (χ0n) is 12.7. The molecule has 6 heteroatoms. The van der Waals surface area contributed by atoms with Crippen molar-refractivity contribution in [2.45, 2.75) is 34.1 Å². The van der Waals surface area contributed by atoms with Crippen molar-refractivity contribution in [3.8, 4) is 0 Å². The lowest BCUT2D eigenvalue weighted by Gasteiger charge is -2.04. The fourth-order valence-corrected chi connectivity index (χ4v) is 3.80. The Morgan fingerprint density at radius 2 is 2.10 bits per heavy atom. The lowest BCUT2D eigenvalue weighted by molar-refractivity contribution is 0.607. The molecule has 0 saturated heterocycles. The molecule has 0 fully saturated rings. The second-order valence-corrected chi connectivity index (χ2v) is 7.18. The summed E-state index contributed by atoms with van der Waals surface area (Å²) in [4.78, 5) is 5.62. The van der Waals surface area contributed by atoms with Crippen LogP contribution in [0.1, 0.15) is 31.5 Å². The van der Waals surface area contributed by atoms with Crippen molar-refractivity contribution >= 4 is 49.2 Å². The maximum atomic E-state index is 6.33. The average molecular weight is 323 g/mol. The molecule has 3 heterocycles. The number of thiophene rings is 1. The molecule has 4 nitrogen and oxygen atoms in total. The van der Waals surface area contributed by atoms with Gasteiger partial charge in [0.15, 0.2) is 5.82 Å². The SMILES string of the molecule is Cc1nc2sc3c(NCCC(C)C)n[nH]c3c2c(C)c1Cl. The van der Waals surface area contributed by atoms with E-state index < -0.39 is 0 Å². The van der Waals surface area contributed by atoms with Gasteiger partial charge in [0, 0.05) is 11.9 Å². The van der Waals surface area contributed by atoms with Crippen molar-refractivity contribution < 1.29 is 0 Å². The minimum Gasteiger partial charge on any atom is -0.367 e. The van der Waals surface area contributed by atoms with Gasteiger partial charge in [0.25, 0.3) is 0 Å². The number of hydrogen-bond donors (Lipinski definition) is 2. The molecule has 0 aromatic carbocycles. The molecule has 0 saturated carbocycles. The van der Waals surface area contributed by atoms with Crippen LogP contribution in [0.4, 0.5) is 5.82 Å². The first kappa shape index (κ1) is 14.6. The van der Waals surface area contributed by atoms with Crippen LogP contribution < -0.4 is 5.32 Å². The predicted molar refractivity (Wildman–Crippen MR) is 91.7 cm³/mol. The molecular weight excluding hydrogens is 304 g/mol. The summed E-state index contributed by atoms with van der Waals surface area (Å²) in [5.41, 5.74) is 2.99. The molecule has 3 rings (SSSR count). The number of hydrogen-bond acceptors (Lipinski definition) is 4. The molecule has 2 N–H and O–H groups in total. The number of fused-ring (bicyclic) bond motifs is 3. The number of anilines is 1. The van der Waals surface area contributed by atoms with Gasteiger partial charge in [0.05, 0.1) is 20.9 Å². The van der Waals surface area contributed by atoms with E-state index in [1.807, 2.05) is 13.8 Å². The molecule has 0 aliphatic heterocycles. The van der Waals surface area contributed by atoms with E-state index in [2.05, 4.69) is 34.3 Å². The third-order valence-electron chi connectivity index (χ3n) is 3.69. The Morgan fingerprint density at radius 3 is 2.81 bits per heavy atom. The third kappa shape index (κ3) is 2.49. The topological polar surface area (TPSA) is 53.6 Å². The van der Waals surface area contributed by atoms with Gasteiger partial charge in [-0.05, 0) is 31.7 Å². The number of rotatable bonds is 4. The quantitative estimate of drug-likeness (QED) is 0.718. The molecule has 3 aromatic rings. The van der Waals surface area contributed by atoms with Crippen LogP contribution in [0.3, 0.4) is 0 Å². The van der Waals surface area contributed by atoms with E-state index in [1.54, 1.807) is 11.3 Å². The summed E-state index contributed by atoms with van der Waals surface area (Å²) < 4.78 is 1.13. The van der Waals surface area contributed by atoms with E-state index >= 15 is 0 Å². The van der Waals surface area contributed by atoms with E-state index in [0.717, 1.165) is 55.5 Å². The lowest BCUT2D eigenvalue weighted by atomic mass is 10.1. The lowest BCUT2D eigenvalue weighted by Crippen LogP contribution is -2.04. The Bertz CT molecular complexity index is 803. The molecular formula is C15H19ClN4S. The normalized spacial score (nSPS) is 11.9. The van der Waals surface area contributed by atoms with Crippen LogP contribution in [0.5, 0.6) is 0 Å². The van der Waals surface area contributed by atoms with Gasteiger partial charge in [0.1, 0.15) is 4.83 Å². The van der Waals surface area contributed by atoms with Crippen molar-refractivity contribution in [2.75, 3.05) is 11.9 Å². The van der Waals surface area contributed by atoms with E-state index in [1.165, 1.54) is 0 Å². The monoisotopic (exact) mass is 322 g/mol. The second kappa shape index (κ2) is 5.46. The fraction of sp³-hybridized carbons (Fsp3) is 0.467. The van der Waals surface area contributed by atoms with Crippen molar-refractivity contribution in [3.63, 3.8) is 0 Å². The minimum absolute atomic E-state index is 0.680. The van der Waals surface area contributed by atoms with E-state index in [-0.39, 0.29) is 0 Å². The molecule has 0 radical (unpaired) electrons. The van der Waals surface area contributed by atoms with Crippen LogP contribution >= 0.6 is 22.9 Å². The molecule has 3 aromatic heterocycles. The Balaban J connectivity index is 2.06. The summed E-state index contributed by atoms with van der Waals surface area (Å²) in [5, 5.41) is 12.8. The molecule has 0 aliphatic rings. The fourth-order valence-electron chi connectivity index (χ4n) is 2.46. The molecule has 0 aliphatic carbocycles. The van der Waals surface area contributed by atoms with Gasteiger partial charge >= 0.3 is 0 Å². The molecule has 0 atom stereocenters. The van der Waals surface area contributed by atoms with Gasteiger partial charge in [-0.15, -0.1) is 11.3 Å². The van der Waals surface area contributed by atoms with E-state index in [4.69, 9.17) is 11.6 Å². The van der Waals surface area contributed by atoms with Crippen LogP contribution in [-0.4, -0.2) is 21.7 Å². The summed E-state index contributed by atoms with van der Waals surface area (Å²) in [6, 6.07) is 0. The number of nitrogens with zero attached hydrogens (tertiary/aromatic N) is 2. The molecule has 21 heavy (non-hydrogen) atoms. The Hall–Kier alpha value is -1.33. The van der Waals surface area contributed by atoms with E-state index in [9.17, 15) is 0 Å². The zero-order chi connectivity index (χ0) is 15.1. The van der Waals surface area contributed by atoms with Crippen LogP contribution in [0, 0.1) is 19.8 Å². The van der Waals surface area contributed by atoms with E-state index in [0.29, 0.717) is 5.92 Å². The number of halogens is 1. The molecule has 0 spiro atoms. The summed E-state index contributed by atoms with van der Waals surface area (Å²) in [7, 11) is 0. The van der Waals surface area contributed by atoms with Gasteiger partial charge in [0.2, 0.25) is 0 Å². The molecule has 0 amide bonds. The summed E-state index contributed by atoms with van der Waals surface area (Å²) in [5.74, 6) is 1.60. The van der Waals surface area contributed by atoms with Gasteiger partial charge in [-0.25, -0.2) is 4.98 Å². The Kier molecular flexibility index (Phi) is 3.80. The average Bonchev–Trinajstić information content (AvgIpc) is 2.95. The van der Waals surface area contributed by atoms with Gasteiger partial charge < -0.3 is 5.32 Å². The van der Waals surface area contributed by atoms with Crippen molar-refractivity contribution in [1.82, 2.24) is 15.2 Å². The minimum atomic E-state index is 0.680. The summed E-state index contributed by atoms with van der Waals surface area (Å²) in [6.07, 6.45) is 1.13. The highest BCUT2D eigenvalue weighted by Gasteiger charge is 2.17. The van der Waals surface area contributed by atoms with Crippen LogP contribution in [-0.2, 0) is 0 Å². The van der Waals surface area contributed by atoms with Crippen LogP contribution in [0.25, 0.3) is 20.4 Å². The van der Waals surface area contributed by atoms with Crippen molar-refractivity contribution in [2.24, 2.45) is 5.92 Å². The third-order valence-corrected chi connectivity index (χ3v) is 5.34. The maximum Gasteiger partial charge on any atom is 0.165 e. The largest absolute Gasteiger partial charge is 0.367 e. The summed E-state index contributed by atoms with van der Waals surface area (Å²) in [6.45, 7) is 9.36. The number of aromatic amines is 1. The number of nitrogens with one attached hydrogen (secondary N) is 2. The first-order valence-electron chi connectivity index (χ1n) is 7.16. The second-order valence-electron chi connectivity index (χ2n) is 5.80. The highest BCUT2D eigenvalue weighted by Crippen LogP contribution is 2.39. The number of aryl methyl sites for hydroxylation is 2. The zero-order valence-corrected chi connectivity index (χ0v) is 14.2. The van der Waals surface area contributed by atoms with Gasteiger partial charge in [-0.1, -0.05) is 25.4 Å². The Labute approximate surface area is 132 Å². The van der Waals surface area contributed by atoms with Gasteiger partial charge in [-0.2, -0.15) is 5.10 Å². The molecule has 0 bridgehead atoms. The Morgan fingerprint density at radius 1 is 1.33 bits per heavy atom.